The van der Waals surface area contributed by atoms with E-state index in [9.17, 15) is 13.6 Å². The molecule has 0 saturated heterocycles. The molecule has 1 amide bonds. The van der Waals surface area contributed by atoms with E-state index in [-0.39, 0.29) is 30.0 Å². The van der Waals surface area contributed by atoms with Crippen molar-refractivity contribution in [3.05, 3.63) is 35.4 Å². The van der Waals surface area contributed by atoms with Crippen molar-refractivity contribution in [3.63, 3.8) is 0 Å². The summed E-state index contributed by atoms with van der Waals surface area (Å²) in [5.74, 6) is -1.77. The lowest BCUT2D eigenvalue weighted by Gasteiger charge is -2.23. The van der Waals surface area contributed by atoms with Crippen molar-refractivity contribution in [1.82, 2.24) is 4.90 Å². The normalized spacial score (nSPS) is 14.1. The van der Waals surface area contributed by atoms with Crippen molar-refractivity contribution in [1.29, 1.82) is 0 Å². The van der Waals surface area contributed by atoms with Gasteiger partial charge in [0.05, 0.1) is 5.92 Å². The molecular formula is C13H18F2N2O. The van der Waals surface area contributed by atoms with E-state index in [1.54, 1.807) is 20.9 Å². The second kappa shape index (κ2) is 5.91. The molecule has 0 heterocycles. The van der Waals surface area contributed by atoms with Crippen LogP contribution < -0.4 is 5.73 Å². The Kier molecular flexibility index (Phi) is 4.78. The monoisotopic (exact) mass is 256 g/mol. The summed E-state index contributed by atoms with van der Waals surface area (Å²) < 4.78 is 26.2. The number of rotatable bonds is 4. The Balaban J connectivity index is 2.75. The topological polar surface area (TPSA) is 46.3 Å². The zero-order valence-electron chi connectivity index (χ0n) is 10.8. The molecule has 1 aromatic rings. The number of carbonyl (C=O) groups excluding carboxylic acids is 1. The van der Waals surface area contributed by atoms with Crippen LogP contribution in [0.25, 0.3) is 0 Å². The van der Waals surface area contributed by atoms with Crippen LogP contribution in [0.1, 0.15) is 19.4 Å². The molecule has 18 heavy (non-hydrogen) atoms. The molecule has 3 nitrogen and oxygen atoms in total. The van der Waals surface area contributed by atoms with Crippen LogP contribution in [0.3, 0.4) is 0 Å². The van der Waals surface area contributed by atoms with E-state index in [1.807, 2.05) is 0 Å². The summed E-state index contributed by atoms with van der Waals surface area (Å²) in [5.41, 5.74) is 5.93. The largest absolute Gasteiger partial charge is 0.341 e. The maximum absolute atomic E-state index is 13.4. The summed E-state index contributed by atoms with van der Waals surface area (Å²) in [5, 5.41) is 0. The highest BCUT2D eigenvalue weighted by Gasteiger charge is 2.21. The van der Waals surface area contributed by atoms with E-state index in [2.05, 4.69) is 0 Å². The van der Waals surface area contributed by atoms with E-state index >= 15 is 0 Å². The average Bonchev–Trinajstić information content (AvgIpc) is 2.30. The molecule has 0 radical (unpaired) electrons. The average molecular weight is 256 g/mol. The molecule has 100 valence electrons. The van der Waals surface area contributed by atoms with E-state index in [1.165, 1.54) is 17.0 Å². The van der Waals surface area contributed by atoms with Crippen LogP contribution in [-0.4, -0.2) is 23.9 Å². The van der Waals surface area contributed by atoms with Gasteiger partial charge < -0.3 is 10.6 Å². The third-order valence-corrected chi connectivity index (χ3v) is 2.98. The molecule has 2 atom stereocenters. The quantitative estimate of drug-likeness (QED) is 0.894. The molecule has 0 aromatic heterocycles. The van der Waals surface area contributed by atoms with Gasteiger partial charge in [0.1, 0.15) is 11.6 Å². The number of amides is 1. The molecule has 1 rings (SSSR count). The Bertz CT molecular complexity index is 435. The van der Waals surface area contributed by atoms with Crippen molar-refractivity contribution >= 4 is 5.91 Å². The summed E-state index contributed by atoms with van der Waals surface area (Å²) >= 11 is 0. The Morgan fingerprint density at radius 3 is 2.50 bits per heavy atom. The Morgan fingerprint density at radius 2 is 2.00 bits per heavy atom. The minimum absolute atomic E-state index is 0.0992. The van der Waals surface area contributed by atoms with Crippen molar-refractivity contribution in [2.24, 2.45) is 11.7 Å². The fourth-order valence-corrected chi connectivity index (χ4v) is 1.56. The minimum Gasteiger partial charge on any atom is -0.341 e. The van der Waals surface area contributed by atoms with Crippen LogP contribution in [0.15, 0.2) is 18.2 Å². The zero-order valence-corrected chi connectivity index (χ0v) is 10.8. The Morgan fingerprint density at radius 1 is 1.39 bits per heavy atom. The molecule has 2 unspecified atom stereocenters. The number of halogens is 2. The molecule has 0 saturated carbocycles. The summed E-state index contributed by atoms with van der Waals surface area (Å²) in [4.78, 5) is 13.3. The molecule has 0 aliphatic heterocycles. The lowest BCUT2D eigenvalue weighted by Crippen LogP contribution is -2.39. The van der Waals surface area contributed by atoms with Gasteiger partial charge in [-0.2, -0.15) is 0 Å². The fourth-order valence-electron chi connectivity index (χ4n) is 1.56. The van der Waals surface area contributed by atoms with Gasteiger partial charge >= 0.3 is 0 Å². The lowest BCUT2D eigenvalue weighted by molar-refractivity contribution is -0.134. The number of hydrogen-bond donors (Lipinski definition) is 1. The van der Waals surface area contributed by atoms with Crippen LogP contribution in [0, 0.1) is 17.6 Å². The lowest BCUT2D eigenvalue weighted by atomic mass is 10.0. The van der Waals surface area contributed by atoms with Crippen molar-refractivity contribution in [2.45, 2.75) is 26.4 Å². The van der Waals surface area contributed by atoms with Crippen LogP contribution in [-0.2, 0) is 11.3 Å². The SMILES string of the molecule is CC(N)C(C)C(=O)N(C)Cc1ccc(F)cc1F. The summed E-state index contributed by atoms with van der Waals surface area (Å²) in [6, 6.07) is 3.05. The van der Waals surface area contributed by atoms with E-state index in [4.69, 9.17) is 5.73 Å². The first-order valence-corrected chi connectivity index (χ1v) is 5.77. The van der Waals surface area contributed by atoms with Gasteiger partial charge in [0.25, 0.3) is 0 Å². The van der Waals surface area contributed by atoms with E-state index in [0.717, 1.165) is 6.07 Å². The first-order chi connectivity index (χ1) is 8.32. The van der Waals surface area contributed by atoms with Gasteiger partial charge in [-0.1, -0.05) is 13.0 Å². The number of carbonyl (C=O) groups is 1. The maximum atomic E-state index is 13.4. The first kappa shape index (κ1) is 14.6. The van der Waals surface area contributed by atoms with E-state index < -0.39 is 11.6 Å². The number of nitrogens with zero attached hydrogens (tertiary/aromatic N) is 1. The van der Waals surface area contributed by atoms with Crippen LogP contribution in [0.2, 0.25) is 0 Å². The summed E-state index contributed by atoms with van der Waals surface area (Å²) in [6.45, 7) is 3.57. The summed E-state index contributed by atoms with van der Waals surface area (Å²) in [6.07, 6.45) is 0. The predicted molar refractivity (Wildman–Crippen MR) is 65.6 cm³/mol. The molecular weight excluding hydrogens is 238 g/mol. The van der Waals surface area contributed by atoms with Gasteiger partial charge in [0.2, 0.25) is 5.91 Å². The standard InChI is InChI=1S/C13H18F2N2O/c1-8(9(2)16)13(18)17(3)7-10-4-5-11(14)6-12(10)15/h4-6,8-9H,7,16H2,1-3H3. The number of hydrogen-bond acceptors (Lipinski definition) is 2. The van der Waals surface area contributed by atoms with Gasteiger partial charge in [-0.05, 0) is 13.0 Å². The molecule has 5 heteroatoms. The van der Waals surface area contributed by atoms with Gasteiger partial charge in [0, 0.05) is 31.3 Å². The molecule has 0 aliphatic rings. The second-order valence-corrected chi connectivity index (χ2v) is 4.58. The molecule has 2 N–H and O–H groups in total. The Labute approximate surface area is 106 Å². The van der Waals surface area contributed by atoms with Crippen molar-refractivity contribution in [3.8, 4) is 0 Å². The highest BCUT2D eigenvalue weighted by Crippen LogP contribution is 2.13. The summed E-state index contributed by atoms with van der Waals surface area (Å²) in [7, 11) is 1.57. The van der Waals surface area contributed by atoms with E-state index in [0.29, 0.717) is 0 Å². The van der Waals surface area contributed by atoms with Gasteiger partial charge in [-0.25, -0.2) is 8.78 Å². The van der Waals surface area contributed by atoms with Gasteiger partial charge in [-0.15, -0.1) is 0 Å². The van der Waals surface area contributed by atoms with Gasteiger partial charge in [-0.3, -0.25) is 4.79 Å². The number of benzene rings is 1. The van der Waals surface area contributed by atoms with Crippen LogP contribution >= 0.6 is 0 Å². The first-order valence-electron chi connectivity index (χ1n) is 5.77. The third kappa shape index (κ3) is 3.50. The highest BCUT2D eigenvalue weighted by molar-refractivity contribution is 5.78. The molecule has 1 aromatic carbocycles. The van der Waals surface area contributed by atoms with Crippen LogP contribution in [0.4, 0.5) is 8.78 Å². The van der Waals surface area contributed by atoms with Crippen molar-refractivity contribution in [2.75, 3.05) is 7.05 Å². The molecule has 0 aliphatic carbocycles. The molecule has 0 spiro atoms. The minimum atomic E-state index is -0.650. The zero-order chi connectivity index (χ0) is 13.9. The Hall–Kier alpha value is -1.49. The third-order valence-electron chi connectivity index (χ3n) is 2.98. The predicted octanol–water partition coefficient (Wildman–Crippen LogP) is 1.91. The number of nitrogens with two attached hydrogens (primary N) is 1. The molecule has 0 bridgehead atoms. The second-order valence-electron chi connectivity index (χ2n) is 4.58. The smallest absolute Gasteiger partial charge is 0.226 e. The fraction of sp³-hybridized carbons (Fsp3) is 0.462. The van der Waals surface area contributed by atoms with Crippen LogP contribution in [0.5, 0.6) is 0 Å². The highest BCUT2D eigenvalue weighted by atomic mass is 19.1. The maximum Gasteiger partial charge on any atom is 0.226 e. The van der Waals surface area contributed by atoms with Crippen molar-refractivity contribution < 1.29 is 13.6 Å². The van der Waals surface area contributed by atoms with Gasteiger partial charge in [0.15, 0.2) is 0 Å². The molecule has 0 fully saturated rings.